The Morgan fingerprint density at radius 3 is 3.00 bits per heavy atom. The third-order valence-electron chi connectivity index (χ3n) is 1.87. The Morgan fingerprint density at radius 1 is 1.57 bits per heavy atom. The van der Waals surface area contributed by atoms with E-state index in [1.807, 2.05) is 12.1 Å². The van der Waals surface area contributed by atoms with Gasteiger partial charge in [0, 0.05) is 17.3 Å². The summed E-state index contributed by atoms with van der Waals surface area (Å²) in [6.07, 6.45) is 3.51. The van der Waals surface area contributed by atoms with Crippen LogP contribution in [-0.4, -0.2) is 9.97 Å². The molecule has 2 aromatic heterocycles. The zero-order chi connectivity index (χ0) is 9.97. The standard InChI is InChI=1S/C9H10ClN3S/c1-6(7-2-3-8(10)14-7)13-9-11-4-5-12-9/h2-6H,1H3,(H2,11,12,13). The molecule has 0 saturated heterocycles. The molecule has 0 aliphatic heterocycles. The number of nitrogens with one attached hydrogen (secondary N) is 2. The first kappa shape index (κ1) is 9.55. The largest absolute Gasteiger partial charge is 0.348 e. The van der Waals surface area contributed by atoms with E-state index in [-0.39, 0.29) is 6.04 Å². The summed E-state index contributed by atoms with van der Waals surface area (Å²) in [6.45, 7) is 2.07. The van der Waals surface area contributed by atoms with E-state index in [0.717, 1.165) is 10.3 Å². The van der Waals surface area contributed by atoms with Gasteiger partial charge in [-0.2, -0.15) is 0 Å². The molecule has 1 atom stereocenters. The molecule has 0 aliphatic rings. The second kappa shape index (κ2) is 4.02. The van der Waals surface area contributed by atoms with Gasteiger partial charge in [0.25, 0.3) is 0 Å². The molecular formula is C9H10ClN3S. The SMILES string of the molecule is CC(Nc1ncc[nH]1)c1ccc(Cl)s1. The lowest BCUT2D eigenvalue weighted by Gasteiger charge is -2.10. The van der Waals surface area contributed by atoms with Crippen LogP contribution in [-0.2, 0) is 0 Å². The normalized spacial score (nSPS) is 12.7. The van der Waals surface area contributed by atoms with Crippen LogP contribution in [0.4, 0.5) is 5.95 Å². The van der Waals surface area contributed by atoms with E-state index in [1.54, 1.807) is 23.7 Å². The molecule has 3 nitrogen and oxygen atoms in total. The number of aromatic nitrogens is 2. The molecule has 2 heterocycles. The maximum absolute atomic E-state index is 5.85. The van der Waals surface area contributed by atoms with E-state index in [9.17, 15) is 0 Å². The van der Waals surface area contributed by atoms with Crippen LogP contribution in [0, 0.1) is 0 Å². The highest BCUT2D eigenvalue weighted by Crippen LogP contribution is 2.28. The van der Waals surface area contributed by atoms with Crippen LogP contribution >= 0.6 is 22.9 Å². The first-order valence-corrected chi connectivity index (χ1v) is 5.46. The Bertz CT molecular complexity index is 396. The van der Waals surface area contributed by atoms with E-state index in [4.69, 9.17) is 11.6 Å². The Morgan fingerprint density at radius 2 is 2.43 bits per heavy atom. The summed E-state index contributed by atoms with van der Waals surface area (Å²) in [5.74, 6) is 0.780. The maximum Gasteiger partial charge on any atom is 0.200 e. The van der Waals surface area contributed by atoms with Crippen molar-refractivity contribution < 1.29 is 0 Å². The van der Waals surface area contributed by atoms with Gasteiger partial charge in [0.15, 0.2) is 0 Å². The van der Waals surface area contributed by atoms with Gasteiger partial charge in [-0.15, -0.1) is 11.3 Å². The number of imidazole rings is 1. The molecule has 0 saturated carbocycles. The molecule has 0 amide bonds. The van der Waals surface area contributed by atoms with E-state index >= 15 is 0 Å². The summed E-state index contributed by atoms with van der Waals surface area (Å²) >= 11 is 7.43. The third kappa shape index (κ3) is 2.08. The number of H-pyrrole nitrogens is 1. The van der Waals surface area contributed by atoms with Crippen LogP contribution in [0.5, 0.6) is 0 Å². The fraction of sp³-hybridized carbons (Fsp3) is 0.222. The molecule has 2 rings (SSSR count). The lowest BCUT2D eigenvalue weighted by atomic mass is 10.3. The van der Waals surface area contributed by atoms with Crippen molar-refractivity contribution in [2.24, 2.45) is 0 Å². The van der Waals surface area contributed by atoms with Crippen LogP contribution in [0.1, 0.15) is 17.8 Å². The zero-order valence-corrected chi connectivity index (χ0v) is 9.19. The summed E-state index contributed by atoms with van der Waals surface area (Å²) in [6, 6.07) is 4.15. The van der Waals surface area contributed by atoms with E-state index < -0.39 is 0 Å². The van der Waals surface area contributed by atoms with Gasteiger partial charge in [0.2, 0.25) is 5.95 Å². The van der Waals surface area contributed by atoms with Crippen molar-refractivity contribution in [3.63, 3.8) is 0 Å². The second-order valence-electron chi connectivity index (χ2n) is 2.95. The van der Waals surface area contributed by atoms with Crippen LogP contribution in [0.15, 0.2) is 24.5 Å². The molecule has 0 spiro atoms. The molecule has 2 aromatic rings. The number of thiophene rings is 1. The van der Waals surface area contributed by atoms with E-state index in [1.165, 1.54) is 4.88 Å². The molecule has 0 fully saturated rings. The highest BCUT2D eigenvalue weighted by atomic mass is 35.5. The van der Waals surface area contributed by atoms with E-state index in [0.29, 0.717) is 0 Å². The lowest BCUT2D eigenvalue weighted by molar-refractivity contribution is 0.888. The minimum Gasteiger partial charge on any atom is -0.348 e. The highest BCUT2D eigenvalue weighted by Gasteiger charge is 2.08. The van der Waals surface area contributed by atoms with Gasteiger partial charge >= 0.3 is 0 Å². The van der Waals surface area contributed by atoms with E-state index in [2.05, 4.69) is 22.2 Å². The summed E-state index contributed by atoms with van der Waals surface area (Å²) in [5, 5.41) is 3.24. The van der Waals surface area contributed by atoms with Gasteiger partial charge < -0.3 is 10.3 Å². The molecular weight excluding hydrogens is 218 g/mol. The van der Waals surface area contributed by atoms with Gasteiger partial charge in [-0.25, -0.2) is 4.98 Å². The average molecular weight is 228 g/mol. The monoisotopic (exact) mass is 227 g/mol. The first-order chi connectivity index (χ1) is 6.75. The summed E-state index contributed by atoms with van der Waals surface area (Å²) in [4.78, 5) is 8.29. The molecule has 1 unspecified atom stereocenters. The number of hydrogen-bond donors (Lipinski definition) is 2. The molecule has 5 heteroatoms. The molecule has 0 aliphatic carbocycles. The molecule has 74 valence electrons. The van der Waals surface area contributed by atoms with Crippen LogP contribution < -0.4 is 5.32 Å². The van der Waals surface area contributed by atoms with Gasteiger partial charge in [-0.1, -0.05) is 11.6 Å². The van der Waals surface area contributed by atoms with Gasteiger partial charge in [-0.05, 0) is 19.1 Å². The third-order valence-corrected chi connectivity index (χ3v) is 3.29. The van der Waals surface area contributed by atoms with Gasteiger partial charge in [0.1, 0.15) is 0 Å². The fourth-order valence-corrected chi connectivity index (χ4v) is 2.24. The highest BCUT2D eigenvalue weighted by molar-refractivity contribution is 7.16. The van der Waals surface area contributed by atoms with Crippen molar-refractivity contribution in [3.8, 4) is 0 Å². The average Bonchev–Trinajstić information content (AvgIpc) is 2.75. The molecule has 0 aromatic carbocycles. The van der Waals surface area contributed by atoms with Crippen molar-refractivity contribution in [1.82, 2.24) is 9.97 Å². The lowest BCUT2D eigenvalue weighted by Crippen LogP contribution is -2.05. The first-order valence-electron chi connectivity index (χ1n) is 4.27. The number of anilines is 1. The zero-order valence-electron chi connectivity index (χ0n) is 7.62. The second-order valence-corrected chi connectivity index (χ2v) is 4.69. The minimum atomic E-state index is 0.221. The molecule has 14 heavy (non-hydrogen) atoms. The van der Waals surface area contributed by atoms with Crippen LogP contribution in [0.3, 0.4) is 0 Å². The summed E-state index contributed by atoms with van der Waals surface area (Å²) in [7, 11) is 0. The smallest absolute Gasteiger partial charge is 0.200 e. The number of nitrogens with zero attached hydrogens (tertiary/aromatic N) is 1. The van der Waals surface area contributed by atoms with Crippen molar-refractivity contribution in [2.45, 2.75) is 13.0 Å². The van der Waals surface area contributed by atoms with Gasteiger partial charge in [0.05, 0.1) is 10.4 Å². The Kier molecular flexibility index (Phi) is 2.74. The molecule has 2 N–H and O–H groups in total. The molecule has 0 bridgehead atoms. The fourth-order valence-electron chi connectivity index (χ4n) is 1.18. The molecule has 0 radical (unpaired) electrons. The van der Waals surface area contributed by atoms with Crippen molar-refractivity contribution in [3.05, 3.63) is 33.7 Å². The van der Waals surface area contributed by atoms with Crippen molar-refractivity contribution in [1.29, 1.82) is 0 Å². The summed E-state index contributed by atoms with van der Waals surface area (Å²) in [5.41, 5.74) is 0. The maximum atomic E-state index is 5.85. The Hall–Kier alpha value is -1.000. The predicted molar refractivity (Wildman–Crippen MR) is 60.0 cm³/mol. The van der Waals surface area contributed by atoms with Crippen molar-refractivity contribution in [2.75, 3.05) is 5.32 Å². The Balaban J connectivity index is 2.06. The number of rotatable bonds is 3. The van der Waals surface area contributed by atoms with Gasteiger partial charge in [-0.3, -0.25) is 0 Å². The van der Waals surface area contributed by atoms with Crippen molar-refractivity contribution >= 4 is 28.9 Å². The number of halogens is 1. The number of aromatic amines is 1. The van der Waals surface area contributed by atoms with Crippen LogP contribution in [0.2, 0.25) is 4.34 Å². The Labute approximate surface area is 91.1 Å². The van der Waals surface area contributed by atoms with Crippen LogP contribution in [0.25, 0.3) is 0 Å². The minimum absolute atomic E-state index is 0.221. The predicted octanol–water partition coefficient (Wildman–Crippen LogP) is 3.30. The summed E-state index contributed by atoms with van der Waals surface area (Å²) < 4.78 is 0.813. The topological polar surface area (TPSA) is 40.7 Å². The quantitative estimate of drug-likeness (QED) is 0.845. The number of hydrogen-bond acceptors (Lipinski definition) is 3.